The lowest BCUT2D eigenvalue weighted by Crippen LogP contribution is -2.32. The molecule has 3 aromatic carbocycles. The smallest absolute Gasteiger partial charge is 0.338 e. The zero-order valence-corrected chi connectivity index (χ0v) is 21.5. The summed E-state index contributed by atoms with van der Waals surface area (Å²) in [7, 11) is 0. The number of imidazole rings is 1. The SMILES string of the molecule is CCOc1ccc2nc(NC(=O)C(CC)OC(=O)c3ccc4nc(-c5ccc(C)cc5)[nH]c4c3)sc2c1. The van der Waals surface area contributed by atoms with Gasteiger partial charge in [0.05, 0.1) is 33.4 Å². The van der Waals surface area contributed by atoms with E-state index in [1.165, 1.54) is 16.9 Å². The van der Waals surface area contributed by atoms with Crippen molar-refractivity contribution in [3.63, 3.8) is 0 Å². The predicted molar refractivity (Wildman–Crippen MR) is 145 cm³/mol. The van der Waals surface area contributed by atoms with Crippen molar-refractivity contribution >= 4 is 49.6 Å². The molecular formula is C28H26N4O4S. The van der Waals surface area contributed by atoms with Gasteiger partial charge in [0.2, 0.25) is 0 Å². The number of nitrogens with zero attached hydrogens (tertiary/aromatic N) is 2. The first-order chi connectivity index (χ1) is 17.9. The summed E-state index contributed by atoms with van der Waals surface area (Å²) in [5, 5.41) is 3.22. The minimum absolute atomic E-state index is 0.320. The lowest BCUT2D eigenvalue weighted by atomic mass is 10.1. The highest BCUT2D eigenvalue weighted by molar-refractivity contribution is 7.22. The van der Waals surface area contributed by atoms with Crippen LogP contribution < -0.4 is 10.1 Å². The molecule has 37 heavy (non-hydrogen) atoms. The lowest BCUT2D eigenvalue weighted by molar-refractivity contribution is -0.124. The fourth-order valence-electron chi connectivity index (χ4n) is 3.90. The van der Waals surface area contributed by atoms with Crippen LogP contribution in [0.25, 0.3) is 32.6 Å². The number of carbonyl (C=O) groups excluding carboxylic acids is 2. The number of thiazole rings is 1. The van der Waals surface area contributed by atoms with Crippen molar-refractivity contribution in [3.05, 3.63) is 71.8 Å². The molecule has 9 heteroatoms. The van der Waals surface area contributed by atoms with E-state index in [2.05, 4.69) is 20.3 Å². The molecule has 0 saturated carbocycles. The summed E-state index contributed by atoms with van der Waals surface area (Å²) in [6, 6.07) is 18.7. The highest BCUT2D eigenvalue weighted by Crippen LogP contribution is 2.29. The van der Waals surface area contributed by atoms with E-state index in [1.54, 1.807) is 25.1 Å². The van der Waals surface area contributed by atoms with E-state index in [0.29, 0.717) is 29.2 Å². The second-order valence-corrected chi connectivity index (χ2v) is 9.59. The molecule has 188 valence electrons. The summed E-state index contributed by atoms with van der Waals surface area (Å²) in [4.78, 5) is 38.1. The quantitative estimate of drug-likeness (QED) is 0.242. The third kappa shape index (κ3) is 5.31. The number of H-pyrrole nitrogens is 1. The number of aromatic amines is 1. The normalized spacial score (nSPS) is 12.0. The Morgan fingerprint density at radius 1 is 1.00 bits per heavy atom. The van der Waals surface area contributed by atoms with Crippen molar-refractivity contribution in [2.45, 2.75) is 33.3 Å². The Hall–Kier alpha value is -4.24. The number of aryl methyl sites for hydroxylation is 1. The third-order valence-electron chi connectivity index (χ3n) is 5.86. The van der Waals surface area contributed by atoms with Crippen molar-refractivity contribution < 1.29 is 19.1 Å². The van der Waals surface area contributed by atoms with Crippen LogP contribution in [0.15, 0.2) is 60.7 Å². The number of aromatic nitrogens is 3. The van der Waals surface area contributed by atoms with Gasteiger partial charge in [-0.3, -0.25) is 10.1 Å². The van der Waals surface area contributed by atoms with Crippen molar-refractivity contribution in [1.82, 2.24) is 15.0 Å². The Morgan fingerprint density at radius 3 is 2.54 bits per heavy atom. The molecule has 2 heterocycles. The molecule has 5 aromatic rings. The van der Waals surface area contributed by atoms with Gasteiger partial charge < -0.3 is 14.5 Å². The molecule has 1 amide bonds. The van der Waals surface area contributed by atoms with Gasteiger partial charge in [-0.2, -0.15) is 0 Å². The standard InChI is InChI=1S/C28H26N4O4S/c1-4-23(26(33)32-28-31-21-13-11-19(35-5-2)15-24(21)37-28)36-27(34)18-10-12-20-22(14-18)30-25(29-20)17-8-6-16(3)7-9-17/h6-15,23H,4-5H2,1-3H3,(H,29,30)(H,31,32,33). The highest BCUT2D eigenvalue weighted by atomic mass is 32.1. The van der Waals surface area contributed by atoms with Gasteiger partial charge >= 0.3 is 5.97 Å². The molecule has 8 nitrogen and oxygen atoms in total. The summed E-state index contributed by atoms with van der Waals surface area (Å²) < 4.78 is 12.0. The average Bonchev–Trinajstić information content (AvgIpc) is 3.50. The van der Waals surface area contributed by atoms with E-state index < -0.39 is 18.0 Å². The van der Waals surface area contributed by atoms with Gasteiger partial charge in [0.15, 0.2) is 11.2 Å². The second kappa shape index (κ2) is 10.4. The number of nitrogens with one attached hydrogen (secondary N) is 2. The number of amides is 1. The lowest BCUT2D eigenvalue weighted by Gasteiger charge is -2.15. The molecule has 2 N–H and O–H groups in total. The predicted octanol–water partition coefficient (Wildman–Crippen LogP) is 6.12. The van der Waals surface area contributed by atoms with E-state index in [4.69, 9.17) is 9.47 Å². The Labute approximate surface area is 217 Å². The number of rotatable bonds is 8. The number of hydrogen-bond acceptors (Lipinski definition) is 7. The van der Waals surface area contributed by atoms with E-state index >= 15 is 0 Å². The Balaban J connectivity index is 1.28. The van der Waals surface area contributed by atoms with Gasteiger partial charge in [-0.05, 0) is 56.7 Å². The van der Waals surface area contributed by atoms with Crippen LogP contribution in [-0.4, -0.2) is 39.5 Å². The van der Waals surface area contributed by atoms with Crippen molar-refractivity contribution in [3.8, 4) is 17.1 Å². The first-order valence-corrected chi connectivity index (χ1v) is 12.9. The molecule has 0 fully saturated rings. The van der Waals surface area contributed by atoms with E-state index in [1.807, 2.05) is 56.3 Å². The molecule has 5 rings (SSSR count). The van der Waals surface area contributed by atoms with Gasteiger partial charge in [0.25, 0.3) is 5.91 Å². The second-order valence-electron chi connectivity index (χ2n) is 8.56. The topological polar surface area (TPSA) is 106 Å². The van der Waals surface area contributed by atoms with Crippen LogP contribution in [0.2, 0.25) is 0 Å². The van der Waals surface area contributed by atoms with Gasteiger partial charge in [0, 0.05) is 5.56 Å². The van der Waals surface area contributed by atoms with Crippen LogP contribution in [0.4, 0.5) is 5.13 Å². The zero-order valence-electron chi connectivity index (χ0n) is 20.7. The third-order valence-corrected chi connectivity index (χ3v) is 6.79. The molecule has 0 radical (unpaired) electrons. The fourth-order valence-corrected chi connectivity index (χ4v) is 4.80. The number of esters is 1. The average molecular weight is 515 g/mol. The Morgan fingerprint density at radius 2 is 1.78 bits per heavy atom. The number of anilines is 1. The van der Waals surface area contributed by atoms with Crippen LogP contribution in [-0.2, 0) is 9.53 Å². The molecular weight excluding hydrogens is 488 g/mol. The molecule has 2 aromatic heterocycles. The maximum atomic E-state index is 12.9. The summed E-state index contributed by atoms with van der Waals surface area (Å²) in [5.41, 5.74) is 4.66. The molecule has 0 spiro atoms. The van der Waals surface area contributed by atoms with Crippen LogP contribution >= 0.6 is 11.3 Å². The van der Waals surface area contributed by atoms with E-state index in [-0.39, 0.29) is 0 Å². The molecule has 0 bridgehead atoms. The maximum Gasteiger partial charge on any atom is 0.338 e. The summed E-state index contributed by atoms with van der Waals surface area (Å²) in [6.07, 6.45) is -0.639. The highest BCUT2D eigenvalue weighted by Gasteiger charge is 2.23. The van der Waals surface area contributed by atoms with Crippen molar-refractivity contribution in [2.75, 3.05) is 11.9 Å². The molecule has 0 aliphatic rings. The molecule has 0 saturated heterocycles. The van der Waals surface area contributed by atoms with Crippen molar-refractivity contribution in [1.29, 1.82) is 0 Å². The first-order valence-electron chi connectivity index (χ1n) is 12.1. The summed E-state index contributed by atoms with van der Waals surface area (Å²) in [6.45, 7) is 6.31. The molecule has 0 aliphatic carbocycles. The number of fused-ring (bicyclic) bond motifs is 2. The Bertz CT molecular complexity index is 1590. The molecule has 1 unspecified atom stereocenters. The maximum absolute atomic E-state index is 12.9. The van der Waals surface area contributed by atoms with E-state index in [9.17, 15) is 9.59 Å². The first kappa shape index (κ1) is 24.5. The van der Waals surface area contributed by atoms with E-state index in [0.717, 1.165) is 32.9 Å². The number of hydrogen-bond donors (Lipinski definition) is 2. The van der Waals surface area contributed by atoms with Crippen LogP contribution in [0, 0.1) is 6.92 Å². The fraction of sp³-hybridized carbons (Fsp3) is 0.214. The molecule has 1 atom stereocenters. The van der Waals surface area contributed by atoms with Crippen LogP contribution in [0.5, 0.6) is 5.75 Å². The van der Waals surface area contributed by atoms with Crippen molar-refractivity contribution in [2.24, 2.45) is 0 Å². The van der Waals surface area contributed by atoms with Gasteiger partial charge in [-0.1, -0.05) is 48.1 Å². The zero-order chi connectivity index (χ0) is 25.9. The van der Waals surface area contributed by atoms with Gasteiger partial charge in [0.1, 0.15) is 11.6 Å². The van der Waals surface area contributed by atoms with Gasteiger partial charge in [-0.15, -0.1) is 0 Å². The summed E-state index contributed by atoms with van der Waals surface area (Å²) >= 11 is 1.34. The summed E-state index contributed by atoms with van der Waals surface area (Å²) in [5.74, 6) is 0.456. The number of benzene rings is 3. The largest absolute Gasteiger partial charge is 0.494 e. The van der Waals surface area contributed by atoms with Crippen LogP contribution in [0.1, 0.15) is 36.2 Å². The minimum Gasteiger partial charge on any atom is -0.494 e. The van der Waals surface area contributed by atoms with Gasteiger partial charge in [-0.25, -0.2) is 14.8 Å². The number of ether oxygens (including phenoxy) is 2. The van der Waals surface area contributed by atoms with Crippen LogP contribution in [0.3, 0.4) is 0 Å². The molecule has 0 aliphatic heterocycles. The number of carbonyl (C=O) groups is 2. The monoisotopic (exact) mass is 514 g/mol. The Kier molecular flexibility index (Phi) is 6.87. The minimum atomic E-state index is -0.959.